The van der Waals surface area contributed by atoms with Crippen LogP contribution in [0.15, 0.2) is 67.2 Å². The van der Waals surface area contributed by atoms with Gasteiger partial charge in [-0.3, -0.25) is 9.78 Å². The summed E-state index contributed by atoms with van der Waals surface area (Å²) in [7, 11) is 1.30. The SMILES string of the molecule is COC(=O)C1(NC(=O)c2cccnc2NCc2ccncc2)C=CC=CC1. The molecule has 0 radical (unpaired) electrons. The van der Waals surface area contributed by atoms with Gasteiger partial charge in [0.05, 0.1) is 12.7 Å². The van der Waals surface area contributed by atoms with Gasteiger partial charge in [-0.2, -0.15) is 0 Å². The van der Waals surface area contributed by atoms with Crippen LogP contribution in [-0.2, 0) is 16.1 Å². The lowest BCUT2D eigenvalue weighted by molar-refractivity contribution is -0.146. The van der Waals surface area contributed by atoms with Crippen molar-refractivity contribution < 1.29 is 14.3 Å². The Labute approximate surface area is 157 Å². The van der Waals surface area contributed by atoms with Gasteiger partial charge in [0.25, 0.3) is 5.91 Å². The summed E-state index contributed by atoms with van der Waals surface area (Å²) in [5.74, 6) is -0.500. The maximum absolute atomic E-state index is 12.9. The molecule has 2 heterocycles. The van der Waals surface area contributed by atoms with Crippen LogP contribution in [0.3, 0.4) is 0 Å². The average Bonchev–Trinajstić information content (AvgIpc) is 2.73. The van der Waals surface area contributed by atoms with Gasteiger partial charge in [-0.1, -0.05) is 18.2 Å². The van der Waals surface area contributed by atoms with Crippen LogP contribution in [0.2, 0.25) is 0 Å². The van der Waals surface area contributed by atoms with Crippen LogP contribution in [0, 0.1) is 0 Å². The van der Waals surface area contributed by atoms with Crippen molar-refractivity contribution in [3.05, 3.63) is 78.3 Å². The first kappa shape index (κ1) is 18.3. The molecule has 0 saturated heterocycles. The molecule has 1 aliphatic carbocycles. The molecule has 0 aromatic carbocycles. The molecule has 2 N–H and O–H groups in total. The van der Waals surface area contributed by atoms with Crippen molar-refractivity contribution in [3.8, 4) is 0 Å². The summed E-state index contributed by atoms with van der Waals surface area (Å²) in [5.41, 5.74) is 0.130. The van der Waals surface area contributed by atoms with E-state index in [4.69, 9.17) is 4.74 Å². The Morgan fingerprint density at radius 3 is 2.70 bits per heavy atom. The first-order valence-electron chi connectivity index (χ1n) is 8.48. The van der Waals surface area contributed by atoms with Crippen LogP contribution >= 0.6 is 0 Å². The zero-order valence-electron chi connectivity index (χ0n) is 14.9. The minimum atomic E-state index is -1.22. The number of rotatable bonds is 6. The number of nitrogens with zero attached hydrogens (tertiary/aromatic N) is 2. The van der Waals surface area contributed by atoms with Crippen molar-refractivity contribution >= 4 is 17.7 Å². The molecule has 0 saturated carbocycles. The first-order chi connectivity index (χ1) is 13.1. The van der Waals surface area contributed by atoms with Crippen molar-refractivity contribution in [2.24, 2.45) is 0 Å². The Balaban J connectivity index is 1.79. The van der Waals surface area contributed by atoms with E-state index in [2.05, 4.69) is 20.6 Å². The molecule has 2 aromatic heterocycles. The number of allylic oxidation sites excluding steroid dienone is 2. The molecule has 7 heteroatoms. The summed E-state index contributed by atoms with van der Waals surface area (Å²) < 4.78 is 4.89. The van der Waals surface area contributed by atoms with Crippen molar-refractivity contribution in [2.45, 2.75) is 18.5 Å². The number of hydrogen-bond acceptors (Lipinski definition) is 6. The summed E-state index contributed by atoms with van der Waals surface area (Å²) >= 11 is 0. The largest absolute Gasteiger partial charge is 0.467 e. The van der Waals surface area contributed by atoms with Gasteiger partial charge in [0, 0.05) is 31.6 Å². The summed E-state index contributed by atoms with van der Waals surface area (Å²) in [4.78, 5) is 33.4. The number of hydrogen-bond donors (Lipinski definition) is 2. The van der Waals surface area contributed by atoms with Crippen molar-refractivity contribution in [2.75, 3.05) is 12.4 Å². The van der Waals surface area contributed by atoms with Gasteiger partial charge in [0.2, 0.25) is 0 Å². The van der Waals surface area contributed by atoms with Crippen LogP contribution < -0.4 is 10.6 Å². The highest BCUT2D eigenvalue weighted by atomic mass is 16.5. The molecule has 0 spiro atoms. The summed E-state index contributed by atoms with van der Waals surface area (Å²) in [5, 5.41) is 5.95. The molecule has 1 amide bonds. The van der Waals surface area contributed by atoms with Gasteiger partial charge >= 0.3 is 5.97 Å². The molecule has 27 heavy (non-hydrogen) atoms. The van der Waals surface area contributed by atoms with E-state index in [1.807, 2.05) is 24.3 Å². The van der Waals surface area contributed by atoms with Crippen LogP contribution in [-0.4, -0.2) is 34.5 Å². The highest BCUT2D eigenvalue weighted by molar-refractivity contribution is 6.02. The van der Waals surface area contributed by atoms with E-state index >= 15 is 0 Å². The molecule has 7 nitrogen and oxygen atoms in total. The first-order valence-corrected chi connectivity index (χ1v) is 8.48. The summed E-state index contributed by atoms with van der Waals surface area (Å²) in [6, 6.07) is 7.08. The van der Waals surface area contributed by atoms with E-state index in [0.717, 1.165) is 5.56 Å². The second-order valence-electron chi connectivity index (χ2n) is 6.02. The van der Waals surface area contributed by atoms with Gasteiger partial charge in [0.1, 0.15) is 5.82 Å². The number of carbonyl (C=O) groups excluding carboxylic acids is 2. The quantitative estimate of drug-likeness (QED) is 0.764. The van der Waals surface area contributed by atoms with Gasteiger partial charge in [-0.25, -0.2) is 9.78 Å². The number of anilines is 1. The van der Waals surface area contributed by atoms with E-state index in [9.17, 15) is 9.59 Å². The smallest absolute Gasteiger partial charge is 0.336 e. The zero-order chi connectivity index (χ0) is 19.1. The van der Waals surface area contributed by atoms with Crippen molar-refractivity contribution in [3.63, 3.8) is 0 Å². The monoisotopic (exact) mass is 364 g/mol. The lowest BCUT2D eigenvalue weighted by Crippen LogP contribution is -2.54. The number of esters is 1. The molecule has 0 bridgehead atoms. The Morgan fingerprint density at radius 1 is 1.19 bits per heavy atom. The third kappa shape index (κ3) is 4.20. The highest BCUT2D eigenvalue weighted by Crippen LogP contribution is 2.22. The van der Waals surface area contributed by atoms with Crippen LogP contribution in [0.25, 0.3) is 0 Å². The number of ether oxygens (including phenoxy) is 1. The second-order valence-corrected chi connectivity index (χ2v) is 6.02. The Bertz CT molecular complexity index is 880. The maximum atomic E-state index is 12.9. The van der Waals surface area contributed by atoms with E-state index in [-0.39, 0.29) is 0 Å². The fraction of sp³-hybridized carbons (Fsp3) is 0.200. The highest BCUT2D eigenvalue weighted by Gasteiger charge is 2.39. The molecule has 0 aliphatic heterocycles. The minimum absolute atomic E-state index is 0.321. The average molecular weight is 364 g/mol. The normalized spacial score (nSPS) is 18.0. The van der Waals surface area contributed by atoms with Gasteiger partial charge in [0.15, 0.2) is 5.54 Å². The molecule has 1 aliphatic rings. The molecule has 1 atom stereocenters. The molecule has 2 aromatic rings. The number of pyridine rings is 2. The lowest BCUT2D eigenvalue weighted by atomic mass is 9.90. The Morgan fingerprint density at radius 2 is 2.00 bits per heavy atom. The summed E-state index contributed by atoms with van der Waals surface area (Å²) in [6.07, 6.45) is 12.3. The predicted octanol–water partition coefficient (Wildman–Crippen LogP) is 2.25. The number of aromatic nitrogens is 2. The van der Waals surface area contributed by atoms with Gasteiger partial charge in [-0.05, 0) is 35.9 Å². The van der Waals surface area contributed by atoms with E-state index < -0.39 is 17.4 Å². The fourth-order valence-electron chi connectivity index (χ4n) is 2.78. The standard InChI is InChI=1S/C20H20N4O3/c1-27-19(26)20(9-3-2-4-10-20)24-18(25)16-6-5-11-22-17(16)23-14-15-7-12-21-13-8-15/h2-9,11-13H,10,14H2,1H3,(H,22,23)(H,24,25). The van der Waals surface area contributed by atoms with Crippen LogP contribution in [0.4, 0.5) is 5.82 Å². The molecule has 138 valence electrons. The number of methoxy groups -OCH3 is 1. The minimum Gasteiger partial charge on any atom is -0.467 e. The molecule has 0 fully saturated rings. The fourth-order valence-corrected chi connectivity index (χ4v) is 2.78. The van der Waals surface area contributed by atoms with E-state index in [0.29, 0.717) is 24.3 Å². The van der Waals surface area contributed by atoms with Crippen LogP contribution in [0.5, 0.6) is 0 Å². The predicted molar refractivity (Wildman–Crippen MR) is 101 cm³/mol. The van der Waals surface area contributed by atoms with Crippen molar-refractivity contribution in [1.82, 2.24) is 15.3 Å². The van der Waals surface area contributed by atoms with Gasteiger partial charge < -0.3 is 15.4 Å². The Kier molecular flexibility index (Phi) is 5.61. The van der Waals surface area contributed by atoms with Gasteiger partial charge in [-0.15, -0.1) is 0 Å². The second kappa shape index (κ2) is 8.27. The van der Waals surface area contributed by atoms with E-state index in [1.54, 1.807) is 42.9 Å². The zero-order valence-corrected chi connectivity index (χ0v) is 14.9. The van der Waals surface area contributed by atoms with Crippen molar-refractivity contribution in [1.29, 1.82) is 0 Å². The third-order valence-corrected chi connectivity index (χ3v) is 4.22. The maximum Gasteiger partial charge on any atom is 0.336 e. The number of amides is 1. The Hall–Kier alpha value is -3.48. The lowest BCUT2D eigenvalue weighted by Gasteiger charge is -2.29. The number of nitrogens with one attached hydrogen (secondary N) is 2. The molecule has 1 unspecified atom stereocenters. The van der Waals surface area contributed by atoms with E-state index in [1.165, 1.54) is 7.11 Å². The topological polar surface area (TPSA) is 93.2 Å². The van der Waals surface area contributed by atoms with Crippen LogP contribution in [0.1, 0.15) is 22.3 Å². The molecule has 3 rings (SSSR count). The number of carbonyl (C=O) groups is 2. The third-order valence-electron chi connectivity index (χ3n) is 4.22. The summed E-state index contributed by atoms with van der Waals surface area (Å²) in [6.45, 7) is 0.491. The molecular weight excluding hydrogens is 344 g/mol. The molecular formula is C20H20N4O3.